The molecular formula is C24H24N6O5S. The van der Waals surface area contributed by atoms with Crippen molar-refractivity contribution in [3.05, 3.63) is 72.6 Å². The average Bonchev–Trinajstić information content (AvgIpc) is 3.46. The Bertz CT molecular complexity index is 1550. The van der Waals surface area contributed by atoms with Gasteiger partial charge >= 0.3 is 5.84 Å². The normalized spacial score (nSPS) is 13.2. The topological polar surface area (TPSA) is 155 Å². The van der Waals surface area contributed by atoms with E-state index in [1.165, 1.54) is 30.8 Å². The lowest BCUT2D eigenvalue weighted by molar-refractivity contribution is 0.219. The fourth-order valence-corrected chi connectivity index (χ4v) is 3.98. The van der Waals surface area contributed by atoms with Crippen LogP contribution in [0.1, 0.15) is 13.3 Å². The van der Waals surface area contributed by atoms with Gasteiger partial charge in [0.15, 0.2) is 0 Å². The molecule has 36 heavy (non-hydrogen) atoms. The zero-order valence-electron chi connectivity index (χ0n) is 19.3. The molecule has 4 rings (SSSR count). The van der Waals surface area contributed by atoms with Gasteiger partial charge in [0.05, 0.1) is 16.7 Å². The van der Waals surface area contributed by atoms with Gasteiger partial charge < -0.3 is 14.6 Å². The molecule has 0 fully saturated rings. The highest BCUT2D eigenvalue weighted by atomic mass is 32.2. The molecule has 1 unspecified atom stereocenters. The summed E-state index contributed by atoms with van der Waals surface area (Å²) in [7, 11) is -3.84. The highest BCUT2D eigenvalue weighted by Crippen LogP contribution is 2.33. The number of aromatic hydroxyl groups is 1. The van der Waals surface area contributed by atoms with Crippen LogP contribution in [0.25, 0.3) is 28.5 Å². The molecule has 1 atom stereocenters. The van der Waals surface area contributed by atoms with Crippen LogP contribution in [0.2, 0.25) is 0 Å². The van der Waals surface area contributed by atoms with Gasteiger partial charge in [-0.05, 0) is 30.7 Å². The molecule has 4 aromatic rings. The molecule has 0 amide bonds. The summed E-state index contributed by atoms with van der Waals surface area (Å²) in [4.78, 5) is 17.1. The van der Waals surface area contributed by atoms with Crippen molar-refractivity contribution in [2.24, 2.45) is 4.99 Å². The Balaban J connectivity index is 1.54. The molecular weight excluding hydrogens is 484 g/mol. The minimum absolute atomic E-state index is 0.0956. The summed E-state index contributed by atoms with van der Waals surface area (Å²) >= 11 is 0. The SMILES string of the molecule is C=C(/C=C\C(O)CC)S(=O)(=O)NCC=Nc1nccc(-c2c(-c3cccc(O)c3)nc3occn23)n1. The highest BCUT2D eigenvalue weighted by molar-refractivity contribution is 7.93. The first kappa shape index (κ1) is 25.0. The third-order valence-electron chi connectivity index (χ3n) is 5.11. The molecule has 12 heteroatoms. The van der Waals surface area contributed by atoms with Gasteiger partial charge in [-0.15, -0.1) is 0 Å². The Morgan fingerprint density at radius 2 is 2.17 bits per heavy atom. The van der Waals surface area contributed by atoms with Crippen molar-refractivity contribution >= 4 is 28.0 Å². The molecule has 0 bridgehead atoms. The lowest BCUT2D eigenvalue weighted by atomic mass is 10.1. The van der Waals surface area contributed by atoms with Crippen molar-refractivity contribution in [1.82, 2.24) is 24.1 Å². The second-order valence-electron chi connectivity index (χ2n) is 7.62. The van der Waals surface area contributed by atoms with Crippen LogP contribution in [-0.4, -0.2) is 56.8 Å². The van der Waals surface area contributed by atoms with Crippen molar-refractivity contribution < 1.29 is 23.0 Å². The van der Waals surface area contributed by atoms with E-state index in [1.807, 2.05) is 6.07 Å². The number of aliphatic imine (C=N–C) groups is 1. The van der Waals surface area contributed by atoms with Crippen molar-refractivity contribution in [3.63, 3.8) is 0 Å². The number of benzene rings is 1. The van der Waals surface area contributed by atoms with Crippen LogP contribution in [0, 0.1) is 0 Å². The fourth-order valence-electron chi connectivity index (χ4n) is 3.24. The first-order valence-electron chi connectivity index (χ1n) is 10.9. The zero-order chi connectivity index (χ0) is 25.7. The molecule has 0 spiro atoms. The average molecular weight is 509 g/mol. The predicted molar refractivity (Wildman–Crippen MR) is 135 cm³/mol. The summed E-state index contributed by atoms with van der Waals surface area (Å²) in [6.07, 6.45) is 8.39. The second-order valence-corrected chi connectivity index (χ2v) is 9.44. The number of allylic oxidation sites excluding steroid dienone is 1. The quantitative estimate of drug-likeness (QED) is 0.218. The third kappa shape index (κ3) is 5.57. The molecule has 0 saturated heterocycles. The van der Waals surface area contributed by atoms with Crippen LogP contribution in [0.4, 0.5) is 5.95 Å². The number of nitrogens with zero attached hydrogens (tertiary/aromatic N) is 5. The number of sulfonamides is 1. The Hall–Kier alpha value is -4.13. The molecule has 0 aliphatic heterocycles. The van der Waals surface area contributed by atoms with Crippen LogP contribution in [0.3, 0.4) is 0 Å². The van der Waals surface area contributed by atoms with E-state index in [9.17, 15) is 18.6 Å². The van der Waals surface area contributed by atoms with Gasteiger partial charge in [-0.2, -0.15) is 4.98 Å². The third-order valence-corrected chi connectivity index (χ3v) is 6.48. The molecule has 3 aromatic heterocycles. The van der Waals surface area contributed by atoms with Gasteiger partial charge in [0.2, 0.25) is 16.0 Å². The van der Waals surface area contributed by atoms with Gasteiger partial charge in [0.1, 0.15) is 23.4 Å². The van der Waals surface area contributed by atoms with E-state index >= 15 is 0 Å². The Morgan fingerprint density at radius 1 is 1.33 bits per heavy atom. The summed E-state index contributed by atoms with van der Waals surface area (Å²) < 4.78 is 34.1. The lowest BCUT2D eigenvalue weighted by Crippen LogP contribution is -2.26. The standard InChI is InChI=1S/C24H24N6O5S/c1-3-18(31)8-7-16(2)36(33,34)27-12-11-26-23-25-10-9-20(28-23)22-21(17-5-4-6-19(32)15-17)29-24-30(22)13-14-35-24/h4-11,13-15,18,27,31-32H,2-3,12H2,1H3/b8-7-,26-11?. The summed E-state index contributed by atoms with van der Waals surface area (Å²) in [6, 6.07) is 8.36. The number of phenolic OH excluding ortho intramolecular Hbond substituents is 1. The smallest absolute Gasteiger partial charge is 0.306 e. The molecule has 3 heterocycles. The Labute approximate surface area is 207 Å². The van der Waals surface area contributed by atoms with Gasteiger partial charge in [0, 0.05) is 30.7 Å². The number of aliphatic hydroxyl groups excluding tert-OH is 1. The molecule has 1 aromatic carbocycles. The maximum atomic E-state index is 12.3. The molecule has 0 saturated carbocycles. The molecule has 0 radical (unpaired) electrons. The highest BCUT2D eigenvalue weighted by Gasteiger charge is 2.19. The van der Waals surface area contributed by atoms with E-state index in [4.69, 9.17) is 4.42 Å². The minimum atomic E-state index is -3.84. The predicted octanol–water partition coefficient (Wildman–Crippen LogP) is 3.22. The van der Waals surface area contributed by atoms with Crippen LogP contribution < -0.4 is 4.72 Å². The van der Waals surface area contributed by atoms with Crippen molar-refractivity contribution in [3.8, 4) is 28.4 Å². The number of aliphatic hydroxyl groups is 1. The van der Waals surface area contributed by atoms with Crippen molar-refractivity contribution in [2.75, 3.05) is 6.54 Å². The maximum Gasteiger partial charge on any atom is 0.306 e. The van der Waals surface area contributed by atoms with E-state index in [2.05, 4.69) is 31.2 Å². The van der Waals surface area contributed by atoms with Crippen LogP contribution in [-0.2, 0) is 10.0 Å². The Morgan fingerprint density at radius 3 is 2.94 bits per heavy atom. The van der Waals surface area contributed by atoms with Crippen molar-refractivity contribution in [2.45, 2.75) is 19.4 Å². The van der Waals surface area contributed by atoms with Gasteiger partial charge in [0.25, 0.3) is 0 Å². The minimum Gasteiger partial charge on any atom is -0.508 e. The van der Waals surface area contributed by atoms with E-state index in [0.717, 1.165) is 0 Å². The number of hydrogen-bond donors (Lipinski definition) is 3. The first-order chi connectivity index (χ1) is 17.3. The lowest BCUT2D eigenvalue weighted by Gasteiger charge is -2.05. The van der Waals surface area contributed by atoms with Crippen molar-refractivity contribution in [1.29, 1.82) is 0 Å². The monoisotopic (exact) mass is 508 g/mol. The zero-order valence-corrected chi connectivity index (χ0v) is 20.1. The largest absolute Gasteiger partial charge is 0.508 e. The van der Waals surface area contributed by atoms with E-state index in [-0.39, 0.29) is 23.1 Å². The number of phenols is 1. The van der Waals surface area contributed by atoms with Gasteiger partial charge in [-0.3, -0.25) is 4.40 Å². The molecule has 3 N–H and O–H groups in total. The number of rotatable bonds is 10. The number of imidazole rings is 1. The molecule has 186 valence electrons. The van der Waals surface area contributed by atoms with Gasteiger partial charge in [-0.25, -0.2) is 28.1 Å². The van der Waals surface area contributed by atoms with E-state index in [0.29, 0.717) is 34.9 Å². The summed E-state index contributed by atoms with van der Waals surface area (Å²) in [5, 5.41) is 19.5. The summed E-state index contributed by atoms with van der Waals surface area (Å²) in [6.45, 7) is 5.17. The number of nitrogens with one attached hydrogen (secondary N) is 1. The summed E-state index contributed by atoms with van der Waals surface area (Å²) in [5.41, 5.74) is 2.33. The van der Waals surface area contributed by atoms with E-state index < -0.39 is 16.1 Å². The number of fused-ring (bicyclic) bond motifs is 1. The number of oxazole rings is 1. The summed E-state index contributed by atoms with van der Waals surface area (Å²) in [5.74, 6) is 0.553. The number of aromatic nitrogens is 4. The second kappa shape index (κ2) is 10.6. The number of hydrogen-bond acceptors (Lipinski definition) is 9. The van der Waals surface area contributed by atoms with Crippen LogP contribution in [0.5, 0.6) is 5.75 Å². The fraction of sp³-hybridized carbons (Fsp3) is 0.167. The maximum absolute atomic E-state index is 12.3. The first-order valence-corrected chi connectivity index (χ1v) is 12.4. The Kier molecular flexibility index (Phi) is 7.38. The van der Waals surface area contributed by atoms with Crippen LogP contribution >= 0.6 is 0 Å². The molecule has 11 nitrogen and oxygen atoms in total. The molecule has 0 aliphatic carbocycles. The molecule has 0 aliphatic rings. The van der Waals surface area contributed by atoms with E-state index in [1.54, 1.807) is 41.8 Å². The van der Waals surface area contributed by atoms with Crippen LogP contribution in [0.15, 0.2) is 82.0 Å². The van der Waals surface area contributed by atoms with Gasteiger partial charge in [-0.1, -0.05) is 31.7 Å².